The Hall–Kier alpha value is -1.15. The fraction of sp³-hybridized carbons (Fsp3) is 0.778. The van der Waals surface area contributed by atoms with Gasteiger partial charge in [-0.25, -0.2) is 0 Å². The van der Waals surface area contributed by atoms with Crippen LogP contribution in [-0.4, -0.2) is 60.7 Å². The minimum Gasteiger partial charge on any atom is -0.480 e. The van der Waals surface area contributed by atoms with Gasteiger partial charge in [0.05, 0.1) is 19.1 Å². The molecule has 0 aromatic carbocycles. The van der Waals surface area contributed by atoms with E-state index in [1.54, 1.807) is 0 Å². The second-order valence-electron chi connectivity index (χ2n) is 3.63. The van der Waals surface area contributed by atoms with Crippen LogP contribution in [0.2, 0.25) is 0 Å². The number of carbonyl (C=O) groups is 2. The number of nitrogens with one attached hydrogen (secondary N) is 1. The Labute approximate surface area is 96.6 Å². The minimum atomic E-state index is -4.50. The average Bonchev–Trinajstić information content (AvgIpc) is 2.09. The molecule has 0 aliphatic heterocycles. The second-order valence-corrected chi connectivity index (χ2v) is 3.63. The highest BCUT2D eigenvalue weighted by Gasteiger charge is 2.32. The van der Waals surface area contributed by atoms with Gasteiger partial charge in [0.2, 0.25) is 0 Å². The van der Waals surface area contributed by atoms with Crippen molar-refractivity contribution < 1.29 is 27.9 Å². The smallest absolute Gasteiger partial charge is 0.401 e. The summed E-state index contributed by atoms with van der Waals surface area (Å²) in [5, 5.41) is 11.0. The Morgan fingerprint density at radius 2 is 1.94 bits per heavy atom. The zero-order valence-corrected chi connectivity index (χ0v) is 9.54. The summed E-state index contributed by atoms with van der Waals surface area (Å²) in [7, 11) is 1.43. The highest BCUT2D eigenvalue weighted by atomic mass is 19.4. The molecule has 0 saturated carbocycles. The normalized spacial score (nSPS) is 13.8. The predicted octanol–water partition coefficient (Wildman–Crippen LogP) is 0.112. The molecule has 0 radical (unpaired) electrons. The molecule has 0 aliphatic carbocycles. The van der Waals surface area contributed by atoms with Crippen molar-refractivity contribution in [1.82, 2.24) is 10.2 Å². The summed E-state index contributed by atoms with van der Waals surface area (Å²) in [6.45, 7) is -1.18. The van der Waals surface area contributed by atoms with Crippen molar-refractivity contribution in [3.8, 4) is 0 Å². The zero-order valence-electron chi connectivity index (χ0n) is 9.54. The molecule has 0 bridgehead atoms. The first-order valence-corrected chi connectivity index (χ1v) is 4.84. The zero-order chi connectivity index (χ0) is 13.6. The molecule has 17 heavy (non-hydrogen) atoms. The van der Waals surface area contributed by atoms with Crippen LogP contribution in [0.15, 0.2) is 0 Å². The molecule has 0 aromatic rings. The lowest BCUT2D eigenvalue weighted by atomic mass is 10.2. The highest BCUT2D eigenvalue weighted by Crippen LogP contribution is 2.16. The molecule has 0 saturated heterocycles. The number of Topliss-reactive ketones (excluding diaryl/α,β-unsaturated/α-hetero) is 1. The fourth-order valence-electron chi connectivity index (χ4n) is 1.31. The molecule has 100 valence electrons. The molecule has 0 aromatic heterocycles. The van der Waals surface area contributed by atoms with E-state index in [-0.39, 0.29) is 12.3 Å². The molecule has 5 nitrogen and oxygen atoms in total. The molecule has 0 rings (SSSR count). The highest BCUT2D eigenvalue weighted by molar-refractivity contribution is 5.81. The Balaban J connectivity index is 4.57. The Kier molecular flexibility index (Phi) is 6.11. The third kappa shape index (κ3) is 7.70. The monoisotopic (exact) mass is 256 g/mol. The van der Waals surface area contributed by atoms with Gasteiger partial charge in [-0.05, 0) is 14.0 Å². The van der Waals surface area contributed by atoms with Crippen LogP contribution in [0.1, 0.15) is 6.92 Å². The fourth-order valence-corrected chi connectivity index (χ4v) is 1.31. The van der Waals surface area contributed by atoms with Gasteiger partial charge in [-0.15, -0.1) is 0 Å². The van der Waals surface area contributed by atoms with Crippen LogP contribution in [0.4, 0.5) is 13.2 Å². The summed E-state index contributed by atoms with van der Waals surface area (Å²) < 4.78 is 36.5. The van der Waals surface area contributed by atoms with Crippen LogP contribution >= 0.6 is 0 Å². The molecule has 2 N–H and O–H groups in total. The van der Waals surface area contributed by atoms with Crippen molar-refractivity contribution in [2.45, 2.75) is 19.1 Å². The quantitative estimate of drug-likeness (QED) is 0.676. The van der Waals surface area contributed by atoms with Gasteiger partial charge in [-0.3, -0.25) is 14.5 Å². The molecule has 8 heteroatoms. The van der Waals surface area contributed by atoms with Crippen LogP contribution in [0.5, 0.6) is 0 Å². The van der Waals surface area contributed by atoms with Crippen molar-refractivity contribution in [2.75, 3.05) is 26.7 Å². The van der Waals surface area contributed by atoms with Crippen molar-refractivity contribution in [3.05, 3.63) is 0 Å². The number of ketones is 1. The number of alkyl halides is 3. The van der Waals surface area contributed by atoms with Gasteiger partial charge >= 0.3 is 12.1 Å². The molecule has 1 atom stereocenters. The van der Waals surface area contributed by atoms with Crippen LogP contribution in [0.3, 0.4) is 0 Å². The molecule has 0 heterocycles. The van der Waals surface area contributed by atoms with Crippen molar-refractivity contribution in [1.29, 1.82) is 0 Å². The number of hydrogen-bond donors (Lipinski definition) is 2. The van der Waals surface area contributed by atoms with E-state index in [4.69, 9.17) is 5.11 Å². The number of hydrogen-bond acceptors (Lipinski definition) is 4. The Morgan fingerprint density at radius 3 is 2.24 bits per heavy atom. The van der Waals surface area contributed by atoms with Gasteiger partial charge in [0.25, 0.3) is 0 Å². The third-order valence-electron chi connectivity index (χ3n) is 2.04. The first-order chi connectivity index (χ1) is 7.65. The molecule has 1 unspecified atom stereocenters. The molecule has 0 amide bonds. The van der Waals surface area contributed by atoms with E-state index in [1.165, 1.54) is 14.0 Å². The van der Waals surface area contributed by atoms with Crippen LogP contribution < -0.4 is 5.32 Å². The Morgan fingerprint density at radius 1 is 1.41 bits per heavy atom. The summed E-state index contributed by atoms with van der Waals surface area (Å²) >= 11 is 0. The van der Waals surface area contributed by atoms with Gasteiger partial charge < -0.3 is 10.4 Å². The number of nitrogens with zero attached hydrogens (tertiary/aromatic N) is 1. The summed E-state index contributed by atoms with van der Waals surface area (Å²) in [5.74, 6) is -1.71. The van der Waals surface area contributed by atoms with Gasteiger partial charge in [-0.1, -0.05) is 0 Å². The van der Waals surface area contributed by atoms with E-state index >= 15 is 0 Å². The summed E-state index contributed by atoms with van der Waals surface area (Å²) in [4.78, 5) is 22.1. The van der Waals surface area contributed by atoms with Crippen LogP contribution in [0, 0.1) is 0 Å². The number of carbonyl (C=O) groups excluding carboxylic acids is 1. The molecule has 0 spiro atoms. The maximum atomic E-state index is 12.2. The number of halogens is 3. The second kappa shape index (κ2) is 6.55. The first-order valence-electron chi connectivity index (χ1n) is 4.84. The van der Waals surface area contributed by atoms with Crippen molar-refractivity contribution in [3.63, 3.8) is 0 Å². The summed E-state index contributed by atoms with van der Waals surface area (Å²) in [6.07, 6.45) is -4.50. The largest absolute Gasteiger partial charge is 0.480 e. The summed E-state index contributed by atoms with van der Waals surface area (Å²) in [6, 6.07) is -0.809. The van der Waals surface area contributed by atoms with E-state index in [0.717, 1.165) is 0 Å². The maximum absolute atomic E-state index is 12.2. The lowest BCUT2D eigenvalue weighted by molar-refractivity contribution is -0.155. The standard InChI is InChI=1S/C9H15F3N2O3/c1-6(15)7(13-2)3-14(4-8(16)17)5-9(10,11)12/h7,13H,3-5H2,1-2H3,(H,16,17). The van der Waals surface area contributed by atoms with Crippen molar-refractivity contribution >= 4 is 11.8 Å². The summed E-state index contributed by atoms with van der Waals surface area (Å²) in [5.41, 5.74) is 0. The molecular weight excluding hydrogens is 241 g/mol. The number of aliphatic carboxylic acids is 1. The Bertz CT molecular complexity index is 281. The SMILES string of the molecule is CNC(CN(CC(=O)O)CC(F)(F)F)C(C)=O. The van der Waals surface area contributed by atoms with Gasteiger partial charge in [-0.2, -0.15) is 13.2 Å². The molecule has 0 fully saturated rings. The topological polar surface area (TPSA) is 69.6 Å². The molecular formula is C9H15F3N2O3. The number of likely N-dealkylation sites (N-methyl/N-ethyl adjacent to an activating group) is 1. The van der Waals surface area contributed by atoms with Gasteiger partial charge in [0, 0.05) is 6.54 Å². The molecule has 0 aliphatic rings. The lowest BCUT2D eigenvalue weighted by Gasteiger charge is -2.25. The van der Waals surface area contributed by atoms with Crippen LogP contribution in [0.25, 0.3) is 0 Å². The maximum Gasteiger partial charge on any atom is 0.401 e. The number of carboxylic acid groups (broad SMARTS) is 1. The lowest BCUT2D eigenvalue weighted by Crippen LogP contribution is -2.48. The average molecular weight is 256 g/mol. The van der Waals surface area contributed by atoms with Crippen molar-refractivity contribution in [2.24, 2.45) is 0 Å². The van der Waals surface area contributed by atoms with E-state index in [1.807, 2.05) is 0 Å². The van der Waals surface area contributed by atoms with E-state index < -0.39 is 31.3 Å². The first kappa shape index (κ1) is 15.9. The third-order valence-corrected chi connectivity index (χ3v) is 2.04. The van der Waals surface area contributed by atoms with Gasteiger partial charge in [0.1, 0.15) is 5.78 Å². The van der Waals surface area contributed by atoms with E-state index in [0.29, 0.717) is 4.90 Å². The minimum absolute atomic E-state index is 0.294. The van der Waals surface area contributed by atoms with E-state index in [9.17, 15) is 22.8 Å². The number of rotatable bonds is 7. The van der Waals surface area contributed by atoms with E-state index in [2.05, 4.69) is 5.32 Å². The predicted molar refractivity (Wildman–Crippen MR) is 53.7 cm³/mol. The van der Waals surface area contributed by atoms with Gasteiger partial charge in [0.15, 0.2) is 0 Å². The van der Waals surface area contributed by atoms with Crippen LogP contribution in [-0.2, 0) is 9.59 Å². The number of carboxylic acids is 1.